The van der Waals surface area contributed by atoms with Crippen molar-refractivity contribution in [1.82, 2.24) is 5.32 Å². The molecule has 0 bridgehead atoms. The van der Waals surface area contributed by atoms with Gasteiger partial charge in [-0.3, -0.25) is 0 Å². The summed E-state index contributed by atoms with van der Waals surface area (Å²) in [6, 6.07) is 0.200. The van der Waals surface area contributed by atoms with E-state index < -0.39 is 0 Å². The first-order chi connectivity index (χ1) is 7.19. The van der Waals surface area contributed by atoms with Gasteiger partial charge in [-0.1, -0.05) is 34.6 Å². The molecule has 0 heterocycles. The highest BCUT2D eigenvalue weighted by Gasteiger charge is 2.22. The SMILES string of the molecule is COCCC(C)(C)CNCC(N)C(C)(C)C. The third-order valence-electron chi connectivity index (χ3n) is 3.06. The number of methoxy groups -OCH3 is 1. The maximum absolute atomic E-state index is 6.09. The lowest BCUT2D eigenvalue weighted by Gasteiger charge is -2.30. The second kappa shape index (κ2) is 6.58. The zero-order chi connectivity index (χ0) is 12.8. The number of nitrogens with two attached hydrogens (primary N) is 1. The summed E-state index contributed by atoms with van der Waals surface area (Å²) in [6.07, 6.45) is 1.07. The Morgan fingerprint density at radius 2 is 1.75 bits per heavy atom. The van der Waals surface area contributed by atoms with Crippen molar-refractivity contribution in [1.29, 1.82) is 0 Å². The van der Waals surface area contributed by atoms with Crippen molar-refractivity contribution in [3.05, 3.63) is 0 Å². The molecule has 0 aliphatic carbocycles. The van der Waals surface area contributed by atoms with Gasteiger partial charge in [-0.15, -0.1) is 0 Å². The lowest BCUT2D eigenvalue weighted by Crippen LogP contribution is -2.45. The number of rotatable bonds is 7. The maximum atomic E-state index is 6.09. The van der Waals surface area contributed by atoms with E-state index in [0.717, 1.165) is 26.1 Å². The van der Waals surface area contributed by atoms with Gasteiger partial charge in [0.05, 0.1) is 0 Å². The van der Waals surface area contributed by atoms with Gasteiger partial charge in [0.25, 0.3) is 0 Å². The predicted octanol–water partition coefficient (Wildman–Crippen LogP) is 2.01. The monoisotopic (exact) mass is 230 g/mol. The van der Waals surface area contributed by atoms with E-state index >= 15 is 0 Å². The van der Waals surface area contributed by atoms with Gasteiger partial charge in [-0.2, -0.15) is 0 Å². The minimum Gasteiger partial charge on any atom is -0.385 e. The average molecular weight is 230 g/mol. The Bertz CT molecular complexity index is 185. The number of hydrogen-bond donors (Lipinski definition) is 2. The minimum absolute atomic E-state index is 0.170. The van der Waals surface area contributed by atoms with Gasteiger partial charge >= 0.3 is 0 Å². The molecule has 1 atom stereocenters. The van der Waals surface area contributed by atoms with E-state index in [1.165, 1.54) is 0 Å². The van der Waals surface area contributed by atoms with Crippen molar-refractivity contribution >= 4 is 0 Å². The molecule has 0 fully saturated rings. The van der Waals surface area contributed by atoms with Crippen molar-refractivity contribution in [2.24, 2.45) is 16.6 Å². The molecule has 0 aromatic carbocycles. The topological polar surface area (TPSA) is 47.3 Å². The van der Waals surface area contributed by atoms with E-state index in [9.17, 15) is 0 Å². The molecule has 1 unspecified atom stereocenters. The van der Waals surface area contributed by atoms with Gasteiger partial charge in [-0.25, -0.2) is 0 Å². The van der Waals surface area contributed by atoms with Crippen molar-refractivity contribution < 1.29 is 4.74 Å². The van der Waals surface area contributed by atoms with E-state index in [-0.39, 0.29) is 16.9 Å². The molecule has 0 aromatic rings. The van der Waals surface area contributed by atoms with Crippen molar-refractivity contribution in [2.45, 2.75) is 47.1 Å². The summed E-state index contributed by atoms with van der Waals surface area (Å²) in [6.45, 7) is 13.7. The molecule has 0 spiro atoms. The fraction of sp³-hybridized carbons (Fsp3) is 1.00. The van der Waals surface area contributed by atoms with Crippen LogP contribution in [0.4, 0.5) is 0 Å². The molecule has 0 aliphatic rings. The molecule has 0 saturated heterocycles. The molecule has 3 nitrogen and oxygen atoms in total. The molecule has 3 N–H and O–H groups in total. The van der Waals surface area contributed by atoms with Crippen molar-refractivity contribution in [2.75, 3.05) is 26.8 Å². The van der Waals surface area contributed by atoms with Crippen molar-refractivity contribution in [3.8, 4) is 0 Å². The number of hydrogen-bond acceptors (Lipinski definition) is 3. The molecule has 0 aliphatic heterocycles. The molecular formula is C13H30N2O. The van der Waals surface area contributed by atoms with Gasteiger partial charge in [0, 0.05) is 32.8 Å². The van der Waals surface area contributed by atoms with Crippen LogP contribution >= 0.6 is 0 Å². The molecule has 16 heavy (non-hydrogen) atoms. The first-order valence-electron chi connectivity index (χ1n) is 6.14. The summed E-state index contributed by atoms with van der Waals surface area (Å²) in [7, 11) is 1.75. The van der Waals surface area contributed by atoms with E-state index in [2.05, 4.69) is 39.9 Å². The first-order valence-corrected chi connectivity index (χ1v) is 6.14. The summed E-state index contributed by atoms with van der Waals surface area (Å²) in [4.78, 5) is 0. The third-order valence-corrected chi connectivity index (χ3v) is 3.06. The molecule has 0 aromatic heterocycles. The van der Waals surface area contributed by atoms with Crippen LogP contribution in [0.3, 0.4) is 0 Å². The van der Waals surface area contributed by atoms with Crippen LogP contribution in [-0.4, -0.2) is 32.8 Å². The Morgan fingerprint density at radius 1 is 1.19 bits per heavy atom. The normalized spacial score (nSPS) is 15.2. The number of nitrogens with one attached hydrogen (secondary N) is 1. The highest BCUT2D eigenvalue weighted by molar-refractivity contribution is 4.80. The summed E-state index contributed by atoms with van der Waals surface area (Å²) in [5, 5.41) is 3.46. The fourth-order valence-electron chi connectivity index (χ4n) is 1.34. The summed E-state index contributed by atoms with van der Waals surface area (Å²) in [5.74, 6) is 0. The van der Waals surface area contributed by atoms with Crippen LogP contribution in [0, 0.1) is 10.8 Å². The zero-order valence-electron chi connectivity index (χ0n) is 11.9. The summed E-state index contributed by atoms with van der Waals surface area (Å²) >= 11 is 0. The zero-order valence-corrected chi connectivity index (χ0v) is 11.9. The molecule has 0 saturated carbocycles. The molecular weight excluding hydrogens is 200 g/mol. The molecule has 0 amide bonds. The highest BCUT2D eigenvalue weighted by atomic mass is 16.5. The third kappa shape index (κ3) is 7.20. The van der Waals surface area contributed by atoms with E-state index in [4.69, 9.17) is 10.5 Å². The van der Waals surface area contributed by atoms with Crippen LogP contribution in [0.25, 0.3) is 0 Å². The Balaban J connectivity index is 3.80. The van der Waals surface area contributed by atoms with E-state index in [0.29, 0.717) is 0 Å². The van der Waals surface area contributed by atoms with Gasteiger partial charge in [0.1, 0.15) is 0 Å². The van der Waals surface area contributed by atoms with E-state index in [1.807, 2.05) is 0 Å². The molecule has 0 radical (unpaired) electrons. The van der Waals surface area contributed by atoms with Gasteiger partial charge in [0.2, 0.25) is 0 Å². The maximum Gasteiger partial charge on any atom is 0.0467 e. The highest BCUT2D eigenvalue weighted by Crippen LogP contribution is 2.20. The minimum atomic E-state index is 0.170. The Labute approximate surface area is 101 Å². The van der Waals surface area contributed by atoms with Crippen LogP contribution in [0.2, 0.25) is 0 Å². The lowest BCUT2D eigenvalue weighted by molar-refractivity contribution is 0.149. The lowest BCUT2D eigenvalue weighted by atomic mass is 9.86. The Hall–Kier alpha value is -0.120. The summed E-state index contributed by atoms with van der Waals surface area (Å²) in [5.41, 5.74) is 6.53. The number of ether oxygens (including phenoxy) is 1. The van der Waals surface area contributed by atoms with Crippen LogP contribution < -0.4 is 11.1 Å². The summed E-state index contributed by atoms with van der Waals surface area (Å²) < 4.78 is 5.11. The largest absolute Gasteiger partial charge is 0.385 e. The second-order valence-corrected chi connectivity index (χ2v) is 6.51. The average Bonchev–Trinajstić information content (AvgIpc) is 2.13. The fourth-order valence-corrected chi connectivity index (χ4v) is 1.34. The quantitative estimate of drug-likeness (QED) is 0.703. The predicted molar refractivity (Wildman–Crippen MR) is 70.6 cm³/mol. The molecule has 98 valence electrons. The van der Waals surface area contributed by atoms with Gasteiger partial charge in [-0.05, 0) is 17.3 Å². The van der Waals surface area contributed by atoms with Crippen LogP contribution in [0.5, 0.6) is 0 Å². The van der Waals surface area contributed by atoms with Gasteiger partial charge < -0.3 is 15.8 Å². The van der Waals surface area contributed by atoms with Crippen LogP contribution in [-0.2, 0) is 4.74 Å². The van der Waals surface area contributed by atoms with Crippen LogP contribution in [0.15, 0.2) is 0 Å². The standard InChI is InChI=1S/C13H30N2O/c1-12(2,3)11(14)9-15-10-13(4,5)7-8-16-6/h11,15H,7-10,14H2,1-6H3. The molecule has 3 heteroatoms. The molecule has 0 rings (SSSR count). The second-order valence-electron chi connectivity index (χ2n) is 6.51. The Kier molecular flexibility index (Phi) is 6.53. The Morgan fingerprint density at radius 3 is 2.19 bits per heavy atom. The van der Waals surface area contributed by atoms with Crippen LogP contribution in [0.1, 0.15) is 41.0 Å². The van der Waals surface area contributed by atoms with Crippen molar-refractivity contribution in [3.63, 3.8) is 0 Å². The van der Waals surface area contributed by atoms with E-state index in [1.54, 1.807) is 7.11 Å². The first kappa shape index (κ1) is 15.9. The smallest absolute Gasteiger partial charge is 0.0467 e. The van der Waals surface area contributed by atoms with Gasteiger partial charge in [0.15, 0.2) is 0 Å².